The Morgan fingerprint density at radius 3 is 2.65 bits per heavy atom. The maximum atomic E-state index is 13.7. The van der Waals surface area contributed by atoms with Gasteiger partial charge in [-0.2, -0.15) is 0 Å². The number of aromatic nitrogens is 1. The Balaban J connectivity index is 1.65. The number of nitrogens with zero attached hydrogens (tertiary/aromatic N) is 3. The van der Waals surface area contributed by atoms with Crippen molar-refractivity contribution < 1.29 is 9.53 Å². The van der Waals surface area contributed by atoms with Gasteiger partial charge < -0.3 is 4.74 Å². The lowest BCUT2D eigenvalue weighted by atomic mass is 10.0. The van der Waals surface area contributed by atoms with Crippen molar-refractivity contribution in [3.8, 4) is 0 Å². The quantitative estimate of drug-likeness (QED) is 0.507. The van der Waals surface area contributed by atoms with Crippen molar-refractivity contribution in [3.63, 3.8) is 0 Å². The normalized spacial score (nSPS) is 14.8. The zero-order valence-electron chi connectivity index (χ0n) is 18.3. The summed E-state index contributed by atoms with van der Waals surface area (Å²) in [6, 6.07) is 9.89. The number of aryl methyl sites for hydroxylation is 3. The molecule has 1 aromatic heterocycles. The zero-order chi connectivity index (χ0) is 22.0. The largest absolute Gasteiger partial charge is 0.379 e. The molecule has 5 nitrogen and oxygen atoms in total. The number of rotatable bonds is 6. The highest BCUT2D eigenvalue weighted by molar-refractivity contribution is 7.23. The number of ether oxygens (including phenoxy) is 1. The highest BCUT2D eigenvalue weighted by atomic mass is 35.5. The molecule has 0 saturated carbocycles. The number of hydrogen-bond donors (Lipinski definition) is 0. The van der Waals surface area contributed by atoms with Crippen LogP contribution in [0.5, 0.6) is 0 Å². The SMILES string of the molecule is Cc1ccc(C)c(C(=O)N(CCCN2CCOCC2)c2nc3c(C)ccc(Cl)c3s2)c1. The minimum absolute atomic E-state index is 0.00370. The number of benzene rings is 2. The van der Waals surface area contributed by atoms with Crippen LogP contribution < -0.4 is 4.90 Å². The lowest BCUT2D eigenvalue weighted by Gasteiger charge is -2.28. The molecule has 0 bridgehead atoms. The van der Waals surface area contributed by atoms with Crippen LogP contribution in [0.4, 0.5) is 5.13 Å². The molecule has 1 amide bonds. The van der Waals surface area contributed by atoms with Crippen molar-refractivity contribution >= 4 is 44.2 Å². The molecule has 0 aliphatic carbocycles. The van der Waals surface area contributed by atoms with Crippen LogP contribution in [0.25, 0.3) is 10.2 Å². The molecule has 164 valence electrons. The number of morpholine rings is 1. The van der Waals surface area contributed by atoms with Crippen LogP contribution >= 0.6 is 22.9 Å². The van der Waals surface area contributed by atoms with Gasteiger partial charge in [0.05, 0.1) is 28.5 Å². The molecule has 31 heavy (non-hydrogen) atoms. The third-order valence-corrected chi connectivity index (χ3v) is 7.28. The second-order valence-electron chi connectivity index (χ2n) is 8.12. The van der Waals surface area contributed by atoms with Gasteiger partial charge in [0, 0.05) is 31.7 Å². The Labute approximate surface area is 192 Å². The lowest BCUT2D eigenvalue weighted by molar-refractivity contribution is 0.0376. The van der Waals surface area contributed by atoms with E-state index in [1.807, 2.05) is 56.0 Å². The summed E-state index contributed by atoms with van der Waals surface area (Å²) in [7, 11) is 0. The van der Waals surface area contributed by atoms with Crippen molar-refractivity contribution in [1.82, 2.24) is 9.88 Å². The van der Waals surface area contributed by atoms with E-state index < -0.39 is 0 Å². The average Bonchev–Trinajstić information content (AvgIpc) is 3.22. The number of carbonyl (C=O) groups is 1. The maximum absolute atomic E-state index is 13.7. The molecular formula is C24H28ClN3O2S. The Bertz CT molecular complexity index is 1050. The fourth-order valence-electron chi connectivity index (χ4n) is 3.88. The third-order valence-electron chi connectivity index (χ3n) is 5.75. The highest BCUT2D eigenvalue weighted by Gasteiger charge is 2.24. The smallest absolute Gasteiger partial charge is 0.260 e. The van der Waals surface area contributed by atoms with Gasteiger partial charge in [-0.1, -0.05) is 46.7 Å². The molecule has 0 unspecified atom stereocenters. The molecule has 1 saturated heterocycles. The number of anilines is 1. The van der Waals surface area contributed by atoms with Gasteiger partial charge in [0.15, 0.2) is 5.13 Å². The van der Waals surface area contributed by atoms with E-state index in [-0.39, 0.29) is 5.91 Å². The van der Waals surface area contributed by atoms with Crippen LogP contribution in [0.2, 0.25) is 5.02 Å². The number of fused-ring (bicyclic) bond motifs is 1. The molecule has 0 radical (unpaired) electrons. The van der Waals surface area contributed by atoms with Crippen LogP contribution in [-0.4, -0.2) is 55.2 Å². The molecule has 7 heteroatoms. The average molecular weight is 458 g/mol. The van der Waals surface area contributed by atoms with Gasteiger partial charge in [-0.05, 0) is 50.5 Å². The minimum atomic E-state index is -0.00370. The van der Waals surface area contributed by atoms with Crippen LogP contribution in [0.3, 0.4) is 0 Å². The van der Waals surface area contributed by atoms with Gasteiger partial charge in [0.2, 0.25) is 0 Å². The maximum Gasteiger partial charge on any atom is 0.260 e. The van der Waals surface area contributed by atoms with Gasteiger partial charge in [0.1, 0.15) is 0 Å². The van der Waals surface area contributed by atoms with Crippen LogP contribution in [0, 0.1) is 20.8 Å². The first-order valence-corrected chi connectivity index (χ1v) is 11.9. The Morgan fingerprint density at radius 1 is 1.16 bits per heavy atom. The number of thiazole rings is 1. The summed E-state index contributed by atoms with van der Waals surface area (Å²) in [5, 5.41) is 1.39. The number of hydrogen-bond acceptors (Lipinski definition) is 5. The van der Waals surface area contributed by atoms with Gasteiger partial charge >= 0.3 is 0 Å². The first-order valence-electron chi connectivity index (χ1n) is 10.7. The molecule has 0 N–H and O–H groups in total. The topological polar surface area (TPSA) is 45.7 Å². The lowest BCUT2D eigenvalue weighted by Crippen LogP contribution is -2.39. The molecule has 1 aliphatic rings. The number of amides is 1. The monoisotopic (exact) mass is 457 g/mol. The summed E-state index contributed by atoms with van der Waals surface area (Å²) < 4.78 is 6.38. The molecule has 3 aromatic rings. The number of carbonyl (C=O) groups excluding carboxylic acids is 1. The molecule has 2 heterocycles. The Morgan fingerprint density at radius 2 is 1.90 bits per heavy atom. The van der Waals surface area contributed by atoms with Gasteiger partial charge in [0.25, 0.3) is 5.91 Å². The molecule has 1 fully saturated rings. The van der Waals surface area contributed by atoms with Crippen LogP contribution in [0.15, 0.2) is 30.3 Å². The second-order valence-corrected chi connectivity index (χ2v) is 9.51. The van der Waals surface area contributed by atoms with Crippen molar-refractivity contribution in [2.75, 3.05) is 44.3 Å². The first-order chi connectivity index (χ1) is 14.9. The summed E-state index contributed by atoms with van der Waals surface area (Å²) in [5.74, 6) is -0.00370. The van der Waals surface area contributed by atoms with Gasteiger partial charge in [-0.3, -0.25) is 14.6 Å². The van der Waals surface area contributed by atoms with Gasteiger partial charge in [-0.25, -0.2) is 4.98 Å². The highest BCUT2D eigenvalue weighted by Crippen LogP contribution is 2.36. The van der Waals surface area contributed by atoms with E-state index in [0.29, 0.717) is 16.7 Å². The van der Waals surface area contributed by atoms with E-state index in [4.69, 9.17) is 21.3 Å². The predicted octanol–water partition coefficient (Wildman–Crippen LogP) is 5.24. The van der Waals surface area contributed by atoms with Gasteiger partial charge in [-0.15, -0.1) is 0 Å². The van der Waals surface area contributed by atoms with Crippen LogP contribution in [0.1, 0.15) is 33.5 Å². The van der Waals surface area contributed by atoms with Crippen LogP contribution in [-0.2, 0) is 4.74 Å². The molecule has 4 rings (SSSR count). The van der Waals surface area contributed by atoms with E-state index in [1.54, 1.807) is 0 Å². The first kappa shape index (κ1) is 22.2. The number of halogens is 1. The predicted molar refractivity (Wildman–Crippen MR) is 129 cm³/mol. The summed E-state index contributed by atoms with van der Waals surface area (Å²) in [6.45, 7) is 11.0. The Hall–Kier alpha value is -1.99. The summed E-state index contributed by atoms with van der Waals surface area (Å²) in [6.07, 6.45) is 0.874. The third kappa shape index (κ3) is 4.93. The molecule has 0 spiro atoms. The van der Waals surface area contributed by atoms with Crippen molar-refractivity contribution in [3.05, 3.63) is 57.6 Å². The summed E-state index contributed by atoms with van der Waals surface area (Å²) in [5.41, 5.74) is 4.72. The standard InChI is InChI=1S/C24H28ClN3O2S/c1-16-5-6-17(2)19(15-16)23(29)28(10-4-9-27-11-13-30-14-12-27)24-26-21-18(3)7-8-20(25)22(21)31-24/h5-8,15H,4,9-14H2,1-3H3. The van der Waals surface area contributed by atoms with Crippen molar-refractivity contribution in [2.45, 2.75) is 27.2 Å². The zero-order valence-corrected chi connectivity index (χ0v) is 19.9. The summed E-state index contributed by atoms with van der Waals surface area (Å²) >= 11 is 7.94. The fourth-order valence-corrected chi connectivity index (χ4v) is 5.22. The molecular weight excluding hydrogens is 430 g/mol. The minimum Gasteiger partial charge on any atom is -0.379 e. The van der Waals surface area contributed by atoms with E-state index in [1.165, 1.54) is 11.3 Å². The van der Waals surface area contributed by atoms with Crippen molar-refractivity contribution in [2.24, 2.45) is 0 Å². The van der Waals surface area contributed by atoms with E-state index in [2.05, 4.69) is 4.90 Å². The van der Waals surface area contributed by atoms with E-state index in [9.17, 15) is 4.79 Å². The van der Waals surface area contributed by atoms with Crippen molar-refractivity contribution in [1.29, 1.82) is 0 Å². The second kappa shape index (κ2) is 9.65. The van der Waals surface area contributed by atoms with E-state index in [0.717, 1.165) is 71.7 Å². The molecule has 0 atom stereocenters. The molecule has 1 aliphatic heterocycles. The fraction of sp³-hybridized carbons (Fsp3) is 0.417. The summed E-state index contributed by atoms with van der Waals surface area (Å²) in [4.78, 5) is 22.7. The molecule has 2 aromatic carbocycles. The Kier molecular flexibility index (Phi) is 6.92. The van der Waals surface area contributed by atoms with E-state index >= 15 is 0 Å².